The summed E-state index contributed by atoms with van der Waals surface area (Å²) >= 11 is 0. The Labute approximate surface area is 178 Å². The summed E-state index contributed by atoms with van der Waals surface area (Å²) in [6.07, 6.45) is 1.29. The predicted molar refractivity (Wildman–Crippen MR) is 108 cm³/mol. The van der Waals surface area contributed by atoms with Crippen molar-refractivity contribution < 1.29 is 35.1 Å². The molecule has 4 rings (SSSR count). The molecule has 0 fully saturated rings. The van der Waals surface area contributed by atoms with Gasteiger partial charge >= 0.3 is 0 Å². The number of fused-ring (bicyclic) bond motifs is 1. The second-order valence-corrected chi connectivity index (χ2v) is 10.6. The summed E-state index contributed by atoms with van der Waals surface area (Å²) in [7, 11) is -8.17. The molecule has 2 heterocycles. The highest BCUT2D eigenvalue weighted by Crippen LogP contribution is 2.33. The van der Waals surface area contributed by atoms with Crippen LogP contribution in [0.2, 0.25) is 0 Å². The van der Waals surface area contributed by atoms with E-state index in [1.165, 1.54) is 36.6 Å². The first-order valence-corrected chi connectivity index (χ1v) is 12.2. The molecule has 1 aliphatic rings. The van der Waals surface area contributed by atoms with Crippen LogP contribution in [0.3, 0.4) is 0 Å². The zero-order valence-electron chi connectivity index (χ0n) is 16.0. The number of nitrogens with one attached hydrogen (secondary N) is 1. The predicted octanol–water partition coefficient (Wildman–Crippen LogP) is 2.68. The molecule has 0 bridgehead atoms. The summed E-state index contributed by atoms with van der Waals surface area (Å²) < 4.78 is 83.5. The topological polar surface area (TPSA) is 112 Å². The van der Waals surface area contributed by atoms with Crippen molar-refractivity contribution in [2.45, 2.75) is 15.0 Å². The number of rotatable bonds is 7. The summed E-state index contributed by atoms with van der Waals surface area (Å²) in [6.45, 7) is 0.161. The summed E-state index contributed by atoms with van der Waals surface area (Å²) in [5, 5.41) is -1.36. The van der Waals surface area contributed by atoms with Crippen LogP contribution in [0.4, 0.5) is 4.39 Å². The lowest BCUT2D eigenvalue weighted by molar-refractivity contribution is 0.171. The Morgan fingerprint density at radius 1 is 0.903 bits per heavy atom. The fourth-order valence-electron chi connectivity index (χ4n) is 3.09. The highest BCUT2D eigenvalue weighted by molar-refractivity contribution is 7.92. The van der Waals surface area contributed by atoms with E-state index in [1.54, 1.807) is 0 Å². The maximum absolute atomic E-state index is 13.2. The summed E-state index contributed by atoms with van der Waals surface area (Å²) in [4.78, 5) is -0.261. The highest BCUT2D eigenvalue weighted by atomic mass is 32.2. The lowest BCUT2D eigenvalue weighted by Gasteiger charge is -2.20. The molecule has 0 saturated heterocycles. The van der Waals surface area contributed by atoms with Crippen molar-refractivity contribution in [3.8, 4) is 11.5 Å². The Morgan fingerprint density at radius 2 is 1.58 bits per heavy atom. The largest absolute Gasteiger partial charge is 0.486 e. The molecule has 0 aliphatic carbocycles. The Morgan fingerprint density at radius 3 is 2.26 bits per heavy atom. The fourth-order valence-corrected chi connectivity index (χ4v) is 5.84. The first-order chi connectivity index (χ1) is 14.8. The van der Waals surface area contributed by atoms with Crippen molar-refractivity contribution in [3.05, 3.63) is 72.4 Å². The monoisotopic (exact) mass is 467 g/mol. The van der Waals surface area contributed by atoms with Crippen LogP contribution < -0.4 is 14.2 Å². The molecular formula is C20H18FNO7S2. The van der Waals surface area contributed by atoms with E-state index in [0.29, 0.717) is 19.0 Å². The molecule has 3 aromatic rings. The van der Waals surface area contributed by atoms with Crippen LogP contribution in [0, 0.1) is 5.82 Å². The molecule has 1 aromatic heterocycles. The molecule has 8 nitrogen and oxygen atoms in total. The summed E-state index contributed by atoms with van der Waals surface area (Å²) in [6, 6.07) is 11.3. The standard InChI is InChI=1S/C20H18FNO7S2/c21-14-3-5-15(6-4-14)30(23,24)20(18-2-1-9-27-18)13-22-31(25,26)16-7-8-17-19(12-16)29-11-10-28-17/h1-9,12,20,22H,10-11,13H2. The van der Waals surface area contributed by atoms with Gasteiger partial charge in [0.2, 0.25) is 10.0 Å². The summed E-state index contributed by atoms with van der Waals surface area (Å²) in [5.41, 5.74) is 0. The van der Waals surface area contributed by atoms with E-state index >= 15 is 0 Å². The van der Waals surface area contributed by atoms with E-state index in [2.05, 4.69) is 4.72 Å². The molecule has 164 valence electrons. The number of halogens is 1. The number of hydrogen-bond donors (Lipinski definition) is 1. The van der Waals surface area contributed by atoms with Gasteiger partial charge < -0.3 is 13.9 Å². The average molecular weight is 467 g/mol. The van der Waals surface area contributed by atoms with Crippen molar-refractivity contribution in [3.63, 3.8) is 0 Å². The van der Waals surface area contributed by atoms with Crippen molar-refractivity contribution in [2.75, 3.05) is 19.8 Å². The first kappa shape index (κ1) is 21.3. The molecule has 1 atom stereocenters. The first-order valence-electron chi connectivity index (χ1n) is 9.19. The Hall–Kier alpha value is -2.89. The van der Waals surface area contributed by atoms with Gasteiger partial charge in [0.15, 0.2) is 21.3 Å². The zero-order valence-corrected chi connectivity index (χ0v) is 17.7. The Kier molecular flexibility index (Phi) is 5.73. The molecule has 0 saturated carbocycles. The molecular weight excluding hydrogens is 449 g/mol. The fraction of sp³-hybridized carbons (Fsp3) is 0.200. The average Bonchev–Trinajstić information content (AvgIpc) is 3.28. The third-order valence-electron chi connectivity index (χ3n) is 4.66. The van der Waals surface area contributed by atoms with Gasteiger partial charge in [-0.2, -0.15) is 0 Å². The van der Waals surface area contributed by atoms with Gasteiger partial charge in [-0.15, -0.1) is 0 Å². The normalized spacial score (nSPS) is 14.9. The van der Waals surface area contributed by atoms with E-state index < -0.39 is 37.5 Å². The number of hydrogen-bond acceptors (Lipinski definition) is 7. The second kappa shape index (κ2) is 8.33. The van der Waals surface area contributed by atoms with E-state index in [0.717, 1.165) is 24.3 Å². The zero-order chi connectivity index (χ0) is 22.1. The third-order valence-corrected chi connectivity index (χ3v) is 8.16. The molecule has 0 radical (unpaired) electrons. The smallest absolute Gasteiger partial charge is 0.240 e. The second-order valence-electron chi connectivity index (χ2n) is 6.66. The van der Waals surface area contributed by atoms with E-state index in [4.69, 9.17) is 13.9 Å². The van der Waals surface area contributed by atoms with Crippen molar-refractivity contribution in [2.24, 2.45) is 0 Å². The van der Waals surface area contributed by atoms with E-state index in [-0.39, 0.29) is 21.3 Å². The minimum atomic E-state index is -4.09. The lowest BCUT2D eigenvalue weighted by Crippen LogP contribution is -2.32. The van der Waals surface area contributed by atoms with Gasteiger partial charge in [-0.1, -0.05) is 0 Å². The van der Waals surface area contributed by atoms with Crippen LogP contribution in [0.15, 0.2) is 75.1 Å². The lowest BCUT2D eigenvalue weighted by atomic mass is 10.3. The number of sulfonamides is 1. The number of ether oxygens (including phenoxy) is 2. The van der Waals surface area contributed by atoms with Crippen molar-refractivity contribution in [1.29, 1.82) is 0 Å². The van der Waals surface area contributed by atoms with Gasteiger partial charge in [-0.3, -0.25) is 0 Å². The van der Waals surface area contributed by atoms with Crippen LogP contribution in [-0.2, 0) is 19.9 Å². The van der Waals surface area contributed by atoms with Crippen LogP contribution in [-0.4, -0.2) is 36.6 Å². The SMILES string of the molecule is O=S(=O)(NCC(c1ccco1)S(=O)(=O)c1ccc(F)cc1)c1ccc2c(c1)OCCO2. The van der Waals surface area contributed by atoms with Crippen molar-refractivity contribution in [1.82, 2.24) is 4.72 Å². The molecule has 1 unspecified atom stereocenters. The molecule has 0 spiro atoms. The molecule has 2 aromatic carbocycles. The van der Waals surface area contributed by atoms with E-state index in [1.807, 2.05) is 0 Å². The van der Waals surface area contributed by atoms with E-state index in [9.17, 15) is 21.2 Å². The highest BCUT2D eigenvalue weighted by Gasteiger charge is 2.33. The van der Waals surface area contributed by atoms with Crippen LogP contribution in [0.5, 0.6) is 11.5 Å². The number of sulfone groups is 1. The van der Waals surface area contributed by atoms with Crippen LogP contribution >= 0.6 is 0 Å². The van der Waals surface area contributed by atoms with Crippen molar-refractivity contribution >= 4 is 19.9 Å². The van der Waals surface area contributed by atoms with Gasteiger partial charge in [-0.25, -0.2) is 25.9 Å². The molecule has 0 amide bonds. The number of benzene rings is 2. The third kappa shape index (κ3) is 4.43. The molecule has 1 aliphatic heterocycles. The summed E-state index contributed by atoms with van der Waals surface area (Å²) in [5.74, 6) is 0.176. The van der Waals surface area contributed by atoms with Gasteiger partial charge in [0.25, 0.3) is 0 Å². The molecule has 31 heavy (non-hydrogen) atoms. The number of furan rings is 1. The van der Waals surface area contributed by atoms with Crippen LogP contribution in [0.25, 0.3) is 0 Å². The van der Waals surface area contributed by atoms with Gasteiger partial charge in [0, 0.05) is 12.6 Å². The van der Waals surface area contributed by atoms with Crippen LogP contribution in [0.1, 0.15) is 11.0 Å². The maximum Gasteiger partial charge on any atom is 0.240 e. The van der Waals surface area contributed by atoms with Gasteiger partial charge in [0.1, 0.15) is 30.0 Å². The maximum atomic E-state index is 13.2. The quantitative estimate of drug-likeness (QED) is 0.532. The minimum Gasteiger partial charge on any atom is -0.486 e. The molecule has 11 heteroatoms. The van der Waals surface area contributed by atoms with Gasteiger partial charge in [0.05, 0.1) is 16.1 Å². The Bertz CT molecular complexity index is 1270. The van der Waals surface area contributed by atoms with Gasteiger partial charge in [-0.05, 0) is 48.5 Å². The minimum absolute atomic E-state index is 0.0502. The molecule has 1 N–H and O–H groups in total. The Balaban J connectivity index is 1.62.